The summed E-state index contributed by atoms with van der Waals surface area (Å²) in [5.41, 5.74) is 5.41. The van der Waals surface area contributed by atoms with E-state index in [1.165, 1.54) is 6.26 Å². The predicted octanol–water partition coefficient (Wildman–Crippen LogP) is -0.625. The Morgan fingerprint density at radius 3 is 2.60 bits per heavy atom. The fraction of sp³-hybridized carbons (Fsp3) is 1.00. The van der Waals surface area contributed by atoms with Crippen molar-refractivity contribution < 1.29 is 13.2 Å². The van der Waals surface area contributed by atoms with Gasteiger partial charge in [-0.15, -0.1) is 0 Å². The van der Waals surface area contributed by atoms with Gasteiger partial charge in [0, 0.05) is 26.0 Å². The van der Waals surface area contributed by atoms with Crippen LogP contribution >= 0.6 is 0 Å². The maximum atomic E-state index is 10.9. The number of nitrogens with one attached hydrogen (secondary N) is 1. The summed E-state index contributed by atoms with van der Waals surface area (Å²) in [6.45, 7) is 1.70. The maximum absolute atomic E-state index is 10.9. The zero-order chi connectivity index (χ0) is 11.7. The van der Waals surface area contributed by atoms with Gasteiger partial charge in [-0.25, -0.2) is 8.42 Å². The third-order valence-electron chi connectivity index (χ3n) is 2.03. The topological polar surface area (TPSA) is 81.4 Å². The maximum Gasteiger partial charge on any atom is 0.148 e. The molecule has 0 heterocycles. The Labute approximate surface area is 92.3 Å². The molecule has 0 fully saturated rings. The van der Waals surface area contributed by atoms with Gasteiger partial charge in [-0.1, -0.05) is 0 Å². The molecule has 0 rings (SSSR count). The van der Waals surface area contributed by atoms with Crippen LogP contribution in [0.1, 0.15) is 12.8 Å². The van der Waals surface area contributed by atoms with Gasteiger partial charge in [0.05, 0.1) is 12.4 Å². The molecule has 92 valence electrons. The van der Waals surface area contributed by atoms with Gasteiger partial charge in [0.1, 0.15) is 9.84 Å². The van der Waals surface area contributed by atoms with E-state index in [4.69, 9.17) is 10.5 Å². The van der Waals surface area contributed by atoms with Crippen LogP contribution in [0.25, 0.3) is 0 Å². The minimum Gasteiger partial charge on any atom is -0.383 e. The van der Waals surface area contributed by atoms with Crippen molar-refractivity contribution in [1.29, 1.82) is 0 Å². The van der Waals surface area contributed by atoms with Crippen LogP contribution in [0, 0.1) is 0 Å². The highest BCUT2D eigenvalue weighted by Gasteiger charge is 2.08. The van der Waals surface area contributed by atoms with Crippen LogP contribution < -0.4 is 11.1 Å². The second-order valence-electron chi connectivity index (χ2n) is 3.67. The smallest absolute Gasteiger partial charge is 0.148 e. The van der Waals surface area contributed by atoms with E-state index in [9.17, 15) is 8.42 Å². The second-order valence-corrected chi connectivity index (χ2v) is 5.93. The first kappa shape index (κ1) is 14.8. The minimum atomic E-state index is -2.88. The molecule has 1 unspecified atom stereocenters. The lowest BCUT2D eigenvalue weighted by atomic mass is 10.1. The van der Waals surface area contributed by atoms with Crippen LogP contribution in [0.15, 0.2) is 0 Å². The lowest BCUT2D eigenvalue weighted by Gasteiger charge is -2.17. The van der Waals surface area contributed by atoms with E-state index in [0.29, 0.717) is 19.7 Å². The number of rotatable bonds is 9. The number of hydrogen-bond acceptors (Lipinski definition) is 5. The third-order valence-corrected chi connectivity index (χ3v) is 2.98. The summed E-state index contributed by atoms with van der Waals surface area (Å²) in [5.74, 6) is 0.163. The van der Waals surface area contributed by atoms with Crippen molar-refractivity contribution in [3.05, 3.63) is 0 Å². The Kier molecular flexibility index (Phi) is 7.95. The van der Waals surface area contributed by atoms with Crippen LogP contribution in [-0.4, -0.2) is 53.3 Å². The number of nitrogens with two attached hydrogens (primary N) is 1. The number of sulfone groups is 1. The lowest BCUT2D eigenvalue weighted by Crippen LogP contribution is -2.36. The zero-order valence-corrected chi connectivity index (χ0v) is 10.3. The predicted molar refractivity (Wildman–Crippen MR) is 61.7 cm³/mol. The highest BCUT2D eigenvalue weighted by molar-refractivity contribution is 7.90. The summed E-state index contributed by atoms with van der Waals surface area (Å²) in [5, 5.41) is 3.15. The molecular formula is C9H22N2O3S. The highest BCUT2D eigenvalue weighted by atomic mass is 32.2. The Morgan fingerprint density at radius 2 is 2.13 bits per heavy atom. The molecule has 0 saturated heterocycles. The Balaban J connectivity index is 3.74. The molecule has 0 saturated carbocycles. The number of methoxy groups -OCH3 is 1. The van der Waals surface area contributed by atoms with Gasteiger partial charge in [-0.3, -0.25) is 0 Å². The van der Waals surface area contributed by atoms with E-state index < -0.39 is 9.84 Å². The molecule has 0 aliphatic heterocycles. The van der Waals surface area contributed by atoms with Gasteiger partial charge < -0.3 is 15.8 Å². The van der Waals surface area contributed by atoms with Crippen LogP contribution in [-0.2, 0) is 14.6 Å². The molecule has 0 aromatic carbocycles. The Bertz CT molecular complexity index is 242. The average molecular weight is 238 g/mol. The molecule has 1 atom stereocenters. The summed E-state index contributed by atoms with van der Waals surface area (Å²) in [6, 6.07) is 0.195. The Hall–Kier alpha value is -0.170. The molecule has 3 N–H and O–H groups in total. The van der Waals surface area contributed by atoms with Gasteiger partial charge in [0.2, 0.25) is 0 Å². The summed E-state index contributed by atoms with van der Waals surface area (Å²) in [4.78, 5) is 0. The molecule has 0 aliphatic rings. The van der Waals surface area contributed by atoms with Crippen molar-refractivity contribution in [3.8, 4) is 0 Å². The lowest BCUT2D eigenvalue weighted by molar-refractivity contribution is 0.162. The van der Waals surface area contributed by atoms with Crippen LogP contribution in [0.2, 0.25) is 0 Å². The standard InChI is InChI=1S/C9H22N2O3S/c1-14-8-9(4-3-5-10)11-6-7-15(2,12)13/h9,11H,3-8,10H2,1-2H3. The Morgan fingerprint density at radius 1 is 1.47 bits per heavy atom. The van der Waals surface area contributed by atoms with E-state index in [1.807, 2.05) is 0 Å². The molecule has 15 heavy (non-hydrogen) atoms. The molecule has 0 spiro atoms. The SMILES string of the molecule is COCC(CCCN)NCCS(C)(=O)=O. The molecule has 0 aromatic heterocycles. The van der Waals surface area contributed by atoms with E-state index in [0.717, 1.165) is 12.8 Å². The number of ether oxygens (including phenoxy) is 1. The molecule has 0 aromatic rings. The van der Waals surface area contributed by atoms with Gasteiger partial charge in [0.25, 0.3) is 0 Å². The van der Waals surface area contributed by atoms with Crippen LogP contribution in [0.3, 0.4) is 0 Å². The van der Waals surface area contributed by atoms with Gasteiger partial charge in [0.15, 0.2) is 0 Å². The molecule has 0 aliphatic carbocycles. The second kappa shape index (κ2) is 8.04. The third kappa shape index (κ3) is 10.1. The van der Waals surface area contributed by atoms with Crippen LogP contribution in [0.4, 0.5) is 0 Å². The van der Waals surface area contributed by atoms with Gasteiger partial charge in [-0.2, -0.15) is 0 Å². The molecule has 5 nitrogen and oxygen atoms in total. The van der Waals surface area contributed by atoms with Crippen LogP contribution in [0.5, 0.6) is 0 Å². The minimum absolute atomic E-state index is 0.163. The van der Waals surface area contributed by atoms with Crippen molar-refractivity contribution in [3.63, 3.8) is 0 Å². The first-order chi connectivity index (χ1) is 6.99. The molecule has 0 amide bonds. The van der Waals surface area contributed by atoms with E-state index in [-0.39, 0.29) is 11.8 Å². The van der Waals surface area contributed by atoms with E-state index in [2.05, 4.69) is 5.32 Å². The van der Waals surface area contributed by atoms with Crippen molar-refractivity contribution in [2.24, 2.45) is 5.73 Å². The van der Waals surface area contributed by atoms with Gasteiger partial charge in [-0.05, 0) is 19.4 Å². The first-order valence-electron chi connectivity index (χ1n) is 5.09. The van der Waals surface area contributed by atoms with E-state index >= 15 is 0 Å². The fourth-order valence-electron chi connectivity index (χ4n) is 1.26. The normalized spacial score (nSPS) is 14.1. The van der Waals surface area contributed by atoms with E-state index in [1.54, 1.807) is 7.11 Å². The van der Waals surface area contributed by atoms with Crippen molar-refractivity contribution in [2.45, 2.75) is 18.9 Å². The highest BCUT2D eigenvalue weighted by Crippen LogP contribution is 1.96. The molecule has 0 bridgehead atoms. The van der Waals surface area contributed by atoms with Gasteiger partial charge >= 0.3 is 0 Å². The van der Waals surface area contributed by atoms with Crippen molar-refractivity contribution in [1.82, 2.24) is 5.32 Å². The average Bonchev–Trinajstić information content (AvgIpc) is 2.12. The molecule has 0 radical (unpaired) electrons. The monoisotopic (exact) mass is 238 g/mol. The zero-order valence-electron chi connectivity index (χ0n) is 9.53. The summed E-state index contributed by atoms with van der Waals surface area (Å²) in [7, 11) is -1.25. The van der Waals surface area contributed by atoms with Crippen molar-refractivity contribution >= 4 is 9.84 Å². The summed E-state index contributed by atoms with van der Waals surface area (Å²) < 4.78 is 26.8. The first-order valence-corrected chi connectivity index (χ1v) is 7.15. The number of hydrogen-bond donors (Lipinski definition) is 2. The largest absolute Gasteiger partial charge is 0.383 e. The molecule has 6 heteroatoms. The summed E-state index contributed by atoms with van der Waals surface area (Å²) >= 11 is 0. The molecular weight excluding hydrogens is 216 g/mol. The van der Waals surface area contributed by atoms with Crippen molar-refractivity contribution in [2.75, 3.05) is 38.8 Å². The quantitative estimate of drug-likeness (QED) is 0.559. The fourth-order valence-corrected chi connectivity index (χ4v) is 1.75. The summed E-state index contributed by atoms with van der Waals surface area (Å²) in [6.07, 6.45) is 3.06.